The van der Waals surface area contributed by atoms with Gasteiger partial charge in [-0.15, -0.1) is 11.3 Å². The zero-order chi connectivity index (χ0) is 18.2. The van der Waals surface area contributed by atoms with Crippen molar-refractivity contribution < 1.29 is 19.1 Å². The summed E-state index contributed by atoms with van der Waals surface area (Å²) in [5.74, 6) is -1.17. The fourth-order valence-electron chi connectivity index (χ4n) is 2.25. The van der Waals surface area contributed by atoms with E-state index >= 15 is 0 Å². The number of nitrogens with zero attached hydrogens (tertiary/aromatic N) is 1. The standard InChI is InChI=1S/C18H20N2O4S/c1-13(19-17(22)15-9-6-10-25-15)18(23)20(12-16(21)24-2)11-14-7-4-3-5-8-14/h3-10,13H,11-12H2,1-2H3,(H,19,22)/t13-/m1/s1. The summed E-state index contributed by atoms with van der Waals surface area (Å²) < 4.78 is 4.67. The lowest BCUT2D eigenvalue weighted by atomic mass is 10.2. The van der Waals surface area contributed by atoms with Gasteiger partial charge >= 0.3 is 5.97 Å². The van der Waals surface area contributed by atoms with Crippen molar-refractivity contribution in [2.75, 3.05) is 13.7 Å². The minimum absolute atomic E-state index is 0.177. The van der Waals surface area contributed by atoms with Crippen molar-refractivity contribution in [3.8, 4) is 0 Å². The zero-order valence-corrected chi connectivity index (χ0v) is 14.9. The number of carbonyl (C=O) groups excluding carboxylic acids is 3. The van der Waals surface area contributed by atoms with E-state index in [1.165, 1.54) is 23.3 Å². The molecule has 6 nitrogen and oxygen atoms in total. The summed E-state index contributed by atoms with van der Waals surface area (Å²) in [4.78, 5) is 38.4. The normalized spacial score (nSPS) is 11.4. The number of methoxy groups -OCH3 is 1. The fraction of sp³-hybridized carbons (Fsp3) is 0.278. The lowest BCUT2D eigenvalue weighted by molar-refractivity contribution is -0.147. The van der Waals surface area contributed by atoms with E-state index < -0.39 is 12.0 Å². The number of esters is 1. The fourth-order valence-corrected chi connectivity index (χ4v) is 2.87. The Balaban J connectivity index is 2.07. The maximum atomic E-state index is 12.7. The van der Waals surface area contributed by atoms with Crippen molar-refractivity contribution >= 4 is 29.1 Å². The topological polar surface area (TPSA) is 75.7 Å². The second-order valence-corrected chi connectivity index (χ2v) is 6.38. The second kappa shape index (κ2) is 8.98. The van der Waals surface area contributed by atoms with Crippen LogP contribution in [0.5, 0.6) is 0 Å². The van der Waals surface area contributed by atoms with Gasteiger partial charge in [0.15, 0.2) is 0 Å². The van der Waals surface area contributed by atoms with Crippen molar-refractivity contribution in [2.45, 2.75) is 19.5 Å². The third-order valence-electron chi connectivity index (χ3n) is 3.54. The minimum atomic E-state index is -0.761. The summed E-state index contributed by atoms with van der Waals surface area (Å²) in [6.45, 7) is 1.68. The summed E-state index contributed by atoms with van der Waals surface area (Å²) >= 11 is 1.30. The van der Waals surface area contributed by atoms with E-state index in [4.69, 9.17) is 0 Å². The first-order chi connectivity index (χ1) is 12.0. The van der Waals surface area contributed by atoms with Gasteiger partial charge < -0.3 is 15.0 Å². The number of amides is 2. The Kier molecular flexibility index (Phi) is 6.71. The van der Waals surface area contributed by atoms with E-state index in [1.54, 1.807) is 24.4 Å². The van der Waals surface area contributed by atoms with Crippen molar-refractivity contribution in [2.24, 2.45) is 0 Å². The van der Waals surface area contributed by atoms with Gasteiger partial charge in [0.2, 0.25) is 5.91 Å². The van der Waals surface area contributed by atoms with Crippen LogP contribution in [-0.4, -0.2) is 42.4 Å². The average molecular weight is 360 g/mol. The van der Waals surface area contributed by atoms with Gasteiger partial charge in [-0.25, -0.2) is 0 Å². The summed E-state index contributed by atoms with van der Waals surface area (Å²) in [5, 5.41) is 4.46. The van der Waals surface area contributed by atoms with Crippen molar-refractivity contribution in [1.82, 2.24) is 10.2 Å². The molecule has 2 rings (SSSR count). The van der Waals surface area contributed by atoms with E-state index in [-0.39, 0.29) is 24.9 Å². The summed E-state index contributed by atoms with van der Waals surface area (Å²) in [5.41, 5.74) is 0.886. The van der Waals surface area contributed by atoms with Crippen LogP contribution in [0.15, 0.2) is 47.8 Å². The van der Waals surface area contributed by atoms with Crippen LogP contribution in [0, 0.1) is 0 Å². The van der Waals surface area contributed by atoms with Crippen molar-refractivity contribution in [1.29, 1.82) is 0 Å². The van der Waals surface area contributed by atoms with Crippen LogP contribution in [0.1, 0.15) is 22.2 Å². The number of hydrogen-bond acceptors (Lipinski definition) is 5. The Morgan fingerprint density at radius 2 is 1.88 bits per heavy atom. The number of rotatable bonds is 7. The third kappa shape index (κ3) is 5.42. The van der Waals surface area contributed by atoms with Gasteiger partial charge in [-0.3, -0.25) is 14.4 Å². The van der Waals surface area contributed by atoms with Gasteiger partial charge in [-0.05, 0) is 23.9 Å². The van der Waals surface area contributed by atoms with Gasteiger partial charge in [0.1, 0.15) is 12.6 Å². The highest BCUT2D eigenvalue weighted by atomic mass is 32.1. The monoisotopic (exact) mass is 360 g/mol. The molecule has 0 fully saturated rings. The van der Waals surface area contributed by atoms with E-state index in [1.807, 2.05) is 30.3 Å². The van der Waals surface area contributed by atoms with Crippen LogP contribution in [0.2, 0.25) is 0 Å². The van der Waals surface area contributed by atoms with Crippen LogP contribution in [0.25, 0.3) is 0 Å². The lowest BCUT2D eigenvalue weighted by Crippen LogP contribution is -2.48. The molecule has 0 radical (unpaired) electrons. The summed E-state index contributed by atoms with van der Waals surface area (Å²) in [7, 11) is 1.27. The molecule has 2 aromatic rings. The molecule has 0 aliphatic rings. The molecule has 0 saturated heterocycles. The highest BCUT2D eigenvalue weighted by molar-refractivity contribution is 7.12. The summed E-state index contributed by atoms with van der Waals surface area (Å²) in [6.07, 6.45) is 0. The van der Waals surface area contributed by atoms with Gasteiger partial charge in [0.05, 0.1) is 12.0 Å². The quantitative estimate of drug-likeness (QED) is 0.767. The van der Waals surface area contributed by atoms with E-state index in [0.717, 1.165) is 5.56 Å². The molecular formula is C18H20N2O4S. The van der Waals surface area contributed by atoms with Gasteiger partial charge in [-0.1, -0.05) is 36.4 Å². The molecule has 1 aromatic heterocycles. The first-order valence-electron chi connectivity index (χ1n) is 7.75. The predicted molar refractivity (Wildman–Crippen MR) is 95.1 cm³/mol. The molecular weight excluding hydrogens is 340 g/mol. The molecule has 1 heterocycles. The van der Waals surface area contributed by atoms with E-state index in [9.17, 15) is 14.4 Å². The van der Waals surface area contributed by atoms with Crippen molar-refractivity contribution in [3.05, 3.63) is 58.3 Å². The van der Waals surface area contributed by atoms with Crippen LogP contribution in [0.4, 0.5) is 0 Å². The number of hydrogen-bond donors (Lipinski definition) is 1. The molecule has 25 heavy (non-hydrogen) atoms. The molecule has 7 heteroatoms. The molecule has 0 bridgehead atoms. The number of ether oxygens (including phenoxy) is 1. The third-order valence-corrected chi connectivity index (χ3v) is 4.41. The first-order valence-corrected chi connectivity index (χ1v) is 8.63. The molecule has 0 unspecified atom stereocenters. The molecule has 1 N–H and O–H groups in total. The second-order valence-electron chi connectivity index (χ2n) is 5.43. The van der Waals surface area contributed by atoms with Crippen molar-refractivity contribution in [3.63, 3.8) is 0 Å². The Hall–Kier alpha value is -2.67. The van der Waals surface area contributed by atoms with Gasteiger partial charge in [0.25, 0.3) is 5.91 Å². The van der Waals surface area contributed by atoms with Gasteiger partial charge in [0, 0.05) is 6.54 Å². The molecule has 0 saturated carbocycles. The number of nitrogens with one attached hydrogen (secondary N) is 1. The molecule has 1 aromatic carbocycles. The molecule has 0 aliphatic carbocycles. The Bertz CT molecular complexity index is 716. The molecule has 0 aliphatic heterocycles. The molecule has 0 spiro atoms. The SMILES string of the molecule is COC(=O)CN(Cc1ccccc1)C(=O)[C@@H](C)NC(=O)c1cccs1. The first kappa shape index (κ1) is 18.7. The smallest absolute Gasteiger partial charge is 0.325 e. The largest absolute Gasteiger partial charge is 0.468 e. The average Bonchev–Trinajstić information content (AvgIpc) is 3.16. The highest BCUT2D eigenvalue weighted by Crippen LogP contribution is 2.10. The number of carbonyl (C=O) groups is 3. The minimum Gasteiger partial charge on any atom is -0.468 e. The number of benzene rings is 1. The zero-order valence-electron chi connectivity index (χ0n) is 14.1. The van der Waals surface area contributed by atoms with Crippen LogP contribution in [0.3, 0.4) is 0 Å². The van der Waals surface area contributed by atoms with Gasteiger partial charge in [-0.2, -0.15) is 0 Å². The Morgan fingerprint density at radius 3 is 2.48 bits per heavy atom. The molecule has 132 valence electrons. The van der Waals surface area contributed by atoms with E-state index in [2.05, 4.69) is 10.1 Å². The molecule has 2 amide bonds. The summed E-state index contributed by atoms with van der Waals surface area (Å²) in [6, 6.07) is 12.0. The highest BCUT2D eigenvalue weighted by Gasteiger charge is 2.25. The van der Waals surface area contributed by atoms with Crippen LogP contribution < -0.4 is 5.32 Å². The maximum absolute atomic E-state index is 12.7. The Labute approximate surface area is 150 Å². The lowest BCUT2D eigenvalue weighted by Gasteiger charge is -2.25. The van der Waals surface area contributed by atoms with Crippen LogP contribution >= 0.6 is 11.3 Å². The Morgan fingerprint density at radius 1 is 1.16 bits per heavy atom. The molecule has 1 atom stereocenters. The van der Waals surface area contributed by atoms with E-state index in [0.29, 0.717) is 4.88 Å². The predicted octanol–water partition coefficient (Wildman–Crippen LogP) is 2.07. The van der Waals surface area contributed by atoms with Crippen LogP contribution in [-0.2, 0) is 20.9 Å². The maximum Gasteiger partial charge on any atom is 0.325 e. The number of thiophene rings is 1.